The van der Waals surface area contributed by atoms with E-state index in [2.05, 4.69) is 11.0 Å². The van der Waals surface area contributed by atoms with Gasteiger partial charge in [-0.25, -0.2) is 0 Å². The van der Waals surface area contributed by atoms with Gasteiger partial charge < -0.3 is 15.1 Å². The number of nitrogens with two attached hydrogens (primary N) is 1. The van der Waals surface area contributed by atoms with Crippen LogP contribution in [0.3, 0.4) is 0 Å². The highest BCUT2D eigenvalue weighted by Crippen LogP contribution is 2.23. The van der Waals surface area contributed by atoms with Gasteiger partial charge in [0.05, 0.1) is 16.4 Å². The van der Waals surface area contributed by atoms with Crippen molar-refractivity contribution in [3.63, 3.8) is 0 Å². The van der Waals surface area contributed by atoms with Crippen LogP contribution >= 0.6 is 47.8 Å². The van der Waals surface area contributed by atoms with Crippen LogP contribution in [0.5, 0.6) is 0 Å². The zero-order chi connectivity index (χ0) is 15.5. The van der Waals surface area contributed by atoms with Crippen LogP contribution < -0.4 is 5.73 Å². The summed E-state index contributed by atoms with van der Waals surface area (Å²) in [5.74, 6) is 0.652. The van der Waals surface area contributed by atoms with E-state index in [0.29, 0.717) is 17.9 Å². The average Bonchev–Trinajstić information content (AvgIpc) is 3.16. The molecule has 3 rings (SSSR count). The molecule has 5 nitrogen and oxygen atoms in total. The molecule has 2 aromatic rings. The average molecular weight is 413 g/mol. The van der Waals surface area contributed by atoms with Crippen molar-refractivity contribution in [1.29, 1.82) is 0 Å². The molecule has 2 aromatic heterocycles. The van der Waals surface area contributed by atoms with Gasteiger partial charge in [0.1, 0.15) is 12.0 Å². The highest BCUT2D eigenvalue weighted by molar-refractivity contribution is 7.16. The van der Waals surface area contributed by atoms with E-state index in [1.807, 2.05) is 11.0 Å². The summed E-state index contributed by atoms with van der Waals surface area (Å²) in [7, 11) is 0. The summed E-state index contributed by atoms with van der Waals surface area (Å²) in [6, 6.07) is 5.71. The first kappa shape index (κ1) is 21.3. The molecule has 3 heterocycles. The second kappa shape index (κ2) is 9.65. The van der Waals surface area contributed by atoms with E-state index in [-0.39, 0.29) is 30.7 Å². The maximum Gasteiger partial charge on any atom is 0.257 e. The summed E-state index contributed by atoms with van der Waals surface area (Å²) < 4.78 is 6.05. The third-order valence-corrected chi connectivity index (χ3v) is 4.99. The van der Waals surface area contributed by atoms with E-state index in [9.17, 15) is 4.79 Å². The van der Waals surface area contributed by atoms with Crippen LogP contribution in [-0.2, 0) is 13.1 Å². The Morgan fingerprint density at radius 2 is 1.96 bits per heavy atom. The molecule has 24 heavy (non-hydrogen) atoms. The summed E-state index contributed by atoms with van der Waals surface area (Å²) >= 11 is 7.56. The fourth-order valence-corrected chi connectivity index (χ4v) is 3.68. The fourth-order valence-electron chi connectivity index (χ4n) is 2.55. The van der Waals surface area contributed by atoms with Crippen LogP contribution in [0.1, 0.15) is 21.0 Å². The molecule has 0 bridgehead atoms. The summed E-state index contributed by atoms with van der Waals surface area (Å²) in [5, 5.41) is 0. The van der Waals surface area contributed by atoms with Crippen LogP contribution in [-0.4, -0.2) is 41.9 Å². The Bertz CT molecular complexity index is 654. The maximum atomic E-state index is 12.4. The standard InChI is InChI=1S/C15H18ClN3O2S.2ClH/c16-14-2-1-13(22-14)9-18-3-5-19(6-4-18)15(20)11-7-12(8-17)21-10-11;;/h1-2,7,10H,3-6,8-9,17H2;2*1H. The molecule has 0 saturated carbocycles. The minimum absolute atomic E-state index is 0. The number of carbonyl (C=O) groups is 1. The molecule has 0 unspecified atom stereocenters. The van der Waals surface area contributed by atoms with Crippen molar-refractivity contribution in [3.05, 3.63) is 45.0 Å². The Morgan fingerprint density at radius 1 is 1.25 bits per heavy atom. The van der Waals surface area contributed by atoms with Gasteiger partial charge in [0.2, 0.25) is 0 Å². The molecule has 0 aliphatic carbocycles. The molecular weight excluding hydrogens is 393 g/mol. The number of piperazine rings is 1. The smallest absolute Gasteiger partial charge is 0.257 e. The molecule has 1 fully saturated rings. The number of hydrogen-bond donors (Lipinski definition) is 1. The molecule has 0 spiro atoms. The van der Waals surface area contributed by atoms with Crippen molar-refractivity contribution >= 4 is 53.7 Å². The second-order valence-electron chi connectivity index (χ2n) is 5.28. The highest BCUT2D eigenvalue weighted by atomic mass is 35.5. The third kappa shape index (κ3) is 5.12. The lowest BCUT2D eigenvalue weighted by Crippen LogP contribution is -2.48. The molecule has 1 aliphatic rings. The molecular formula is C15H20Cl3N3O2S. The van der Waals surface area contributed by atoms with Crippen molar-refractivity contribution in [3.8, 4) is 0 Å². The first-order valence-electron chi connectivity index (χ1n) is 7.19. The maximum absolute atomic E-state index is 12.4. The first-order valence-corrected chi connectivity index (χ1v) is 8.38. The molecule has 2 N–H and O–H groups in total. The van der Waals surface area contributed by atoms with Gasteiger partial charge in [0.15, 0.2) is 0 Å². The number of rotatable bonds is 4. The van der Waals surface area contributed by atoms with Gasteiger partial charge in [0, 0.05) is 37.6 Å². The number of nitrogens with zero attached hydrogens (tertiary/aromatic N) is 2. The summed E-state index contributed by atoms with van der Waals surface area (Å²) in [6.07, 6.45) is 1.49. The number of thiophene rings is 1. The SMILES string of the molecule is Cl.Cl.NCc1cc(C(=O)N2CCN(Cc3ccc(Cl)s3)CC2)co1. The normalized spacial score (nSPS) is 14.8. The number of carbonyl (C=O) groups excluding carboxylic acids is 1. The van der Waals surface area contributed by atoms with E-state index in [4.69, 9.17) is 21.8 Å². The molecule has 1 aliphatic heterocycles. The predicted octanol–water partition coefficient (Wildman–Crippen LogP) is 3.25. The number of furan rings is 1. The van der Waals surface area contributed by atoms with Crippen molar-refractivity contribution in [1.82, 2.24) is 9.80 Å². The van der Waals surface area contributed by atoms with Gasteiger partial charge in [0.25, 0.3) is 5.91 Å². The fraction of sp³-hybridized carbons (Fsp3) is 0.400. The Labute approximate surface area is 162 Å². The lowest BCUT2D eigenvalue weighted by atomic mass is 10.2. The van der Waals surface area contributed by atoms with Crippen LogP contribution in [0.2, 0.25) is 4.34 Å². The van der Waals surface area contributed by atoms with Crippen LogP contribution in [0, 0.1) is 0 Å². The summed E-state index contributed by atoms with van der Waals surface area (Å²) in [6.45, 7) is 4.38. The highest BCUT2D eigenvalue weighted by Gasteiger charge is 2.23. The first-order chi connectivity index (χ1) is 10.7. The molecule has 134 valence electrons. The molecule has 1 amide bonds. The van der Waals surface area contributed by atoms with Gasteiger partial charge in [-0.05, 0) is 18.2 Å². The minimum Gasteiger partial charge on any atom is -0.467 e. The van der Waals surface area contributed by atoms with Gasteiger partial charge >= 0.3 is 0 Å². The van der Waals surface area contributed by atoms with Crippen LogP contribution in [0.25, 0.3) is 0 Å². The van der Waals surface area contributed by atoms with E-state index in [1.54, 1.807) is 17.4 Å². The Hall–Kier alpha value is -0.760. The molecule has 0 atom stereocenters. The van der Waals surface area contributed by atoms with Crippen LogP contribution in [0.4, 0.5) is 0 Å². The topological polar surface area (TPSA) is 62.7 Å². The van der Waals surface area contributed by atoms with Gasteiger partial charge in [-0.3, -0.25) is 9.69 Å². The lowest BCUT2D eigenvalue weighted by Gasteiger charge is -2.34. The van der Waals surface area contributed by atoms with Crippen molar-refractivity contribution in [2.24, 2.45) is 5.73 Å². The van der Waals surface area contributed by atoms with Crippen LogP contribution in [0.15, 0.2) is 28.9 Å². The summed E-state index contributed by atoms with van der Waals surface area (Å²) in [4.78, 5) is 17.8. The molecule has 9 heteroatoms. The lowest BCUT2D eigenvalue weighted by molar-refractivity contribution is 0.0629. The monoisotopic (exact) mass is 411 g/mol. The predicted molar refractivity (Wildman–Crippen MR) is 102 cm³/mol. The quantitative estimate of drug-likeness (QED) is 0.837. The Morgan fingerprint density at radius 3 is 2.50 bits per heavy atom. The molecule has 0 aromatic carbocycles. The largest absolute Gasteiger partial charge is 0.467 e. The Kier molecular flexibility index (Phi) is 8.56. The van der Waals surface area contributed by atoms with E-state index >= 15 is 0 Å². The summed E-state index contributed by atoms with van der Waals surface area (Å²) in [5.41, 5.74) is 6.08. The van der Waals surface area contributed by atoms with Crippen molar-refractivity contribution < 1.29 is 9.21 Å². The zero-order valence-corrected chi connectivity index (χ0v) is 16.1. The van der Waals surface area contributed by atoms with E-state index < -0.39 is 0 Å². The third-order valence-electron chi connectivity index (χ3n) is 3.77. The number of halogens is 3. The second-order valence-corrected chi connectivity index (χ2v) is 7.08. The van der Waals surface area contributed by atoms with E-state index in [0.717, 1.165) is 37.1 Å². The molecule has 1 saturated heterocycles. The Balaban J connectivity index is 0.00000144. The van der Waals surface area contributed by atoms with Gasteiger partial charge in [-0.2, -0.15) is 0 Å². The minimum atomic E-state index is 0. The van der Waals surface area contributed by atoms with Gasteiger partial charge in [-0.1, -0.05) is 11.6 Å². The van der Waals surface area contributed by atoms with Crippen molar-refractivity contribution in [2.45, 2.75) is 13.1 Å². The van der Waals surface area contributed by atoms with E-state index in [1.165, 1.54) is 11.1 Å². The van der Waals surface area contributed by atoms with Crippen molar-refractivity contribution in [2.75, 3.05) is 26.2 Å². The zero-order valence-electron chi connectivity index (χ0n) is 12.9. The van der Waals surface area contributed by atoms with Gasteiger partial charge in [-0.15, -0.1) is 36.2 Å². The molecule has 0 radical (unpaired) electrons. The number of amides is 1. The number of hydrogen-bond acceptors (Lipinski definition) is 5.